The minimum Gasteiger partial charge on any atom is -0.497 e. The first-order valence-corrected chi connectivity index (χ1v) is 9.24. The zero-order valence-corrected chi connectivity index (χ0v) is 16.1. The highest BCUT2D eigenvalue weighted by atomic mass is 16.5. The Balaban J connectivity index is 1.49. The summed E-state index contributed by atoms with van der Waals surface area (Å²) in [6.45, 7) is 2.13. The van der Waals surface area contributed by atoms with Crippen molar-refractivity contribution < 1.29 is 18.7 Å². The van der Waals surface area contributed by atoms with E-state index in [1.807, 2.05) is 6.92 Å². The smallest absolute Gasteiger partial charge is 0.336 e. The zero-order chi connectivity index (χ0) is 20.5. The lowest BCUT2D eigenvalue weighted by atomic mass is 10.1. The SMILES string of the molecule is COc1ccc(N2CC(C(=O)Nc3ccc4c(C)cc(=O)oc4c3)CC2=O)cc1. The van der Waals surface area contributed by atoms with E-state index >= 15 is 0 Å². The number of amides is 2. The molecule has 1 aliphatic rings. The molecule has 4 rings (SSSR count). The van der Waals surface area contributed by atoms with Gasteiger partial charge in [-0.05, 0) is 48.9 Å². The molecule has 0 saturated carbocycles. The third kappa shape index (κ3) is 3.71. The number of aryl methyl sites for hydroxylation is 1. The quantitative estimate of drug-likeness (QED) is 0.689. The van der Waals surface area contributed by atoms with Crippen molar-refractivity contribution in [1.29, 1.82) is 0 Å². The maximum Gasteiger partial charge on any atom is 0.336 e. The molecule has 148 valence electrons. The van der Waals surface area contributed by atoms with Crippen LogP contribution in [0.2, 0.25) is 0 Å². The summed E-state index contributed by atoms with van der Waals surface area (Å²) < 4.78 is 10.4. The molecule has 0 aliphatic carbocycles. The Kier molecular flexibility index (Phi) is 4.80. The second kappa shape index (κ2) is 7.43. The van der Waals surface area contributed by atoms with E-state index in [-0.39, 0.29) is 18.2 Å². The van der Waals surface area contributed by atoms with E-state index in [0.29, 0.717) is 23.6 Å². The van der Waals surface area contributed by atoms with Crippen molar-refractivity contribution in [2.24, 2.45) is 5.92 Å². The molecule has 0 spiro atoms. The Morgan fingerprint density at radius 2 is 1.90 bits per heavy atom. The molecule has 1 fully saturated rings. The van der Waals surface area contributed by atoms with Gasteiger partial charge in [0.2, 0.25) is 11.8 Å². The largest absolute Gasteiger partial charge is 0.497 e. The van der Waals surface area contributed by atoms with Crippen molar-refractivity contribution in [3.8, 4) is 5.75 Å². The molecule has 1 aliphatic heterocycles. The summed E-state index contributed by atoms with van der Waals surface area (Å²) in [6, 6.07) is 13.8. The first-order chi connectivity index (χ1) is 13.9. The first-order valence-electron chi connectivity index (χ1n) is 9.24. The van der Waals surface area contributed by atoms with E-state index in [4.69, 9.17) is 9.15 Å². The summed E-state index contributed by atoms with van der Waals surface area (Å²) in [5.74, 6) is -0.114. The summed E-state index contributed by atoms with van der Waals surface area (Å²) in [4.78, 5) is 38.3. The Labute approximate surface area is 166 Å². The number of carbonyl (C=O) groups excluding carboxylic acids is 2. The molecular formula is C22H20N2O5. The average Bonchev–Trinajstić information content (AvgIpc) is 3.09. The van der Waals surface area contributed by atoms with Gasteiger partial charge in [0.25, 0.3) is 0 Å². The van der Waals surface area contributed by atoms with Crippen LogP contribution in [0.25, 0.3) is 11.0 Å². The van der Waals surface area contributed by atoms with Gasteiger partial charge in [-0.25, -0.2) is 4.79 Å². The van der Waals surface area contributed by atoms with Gasteiger partial charge >= 0.3 is 5.63 Å². The maximum atomic E-state index is 12.7. The number of carbonyl (C=O) groups is 2. The van der Waals surface area contributed by atoms with Crippen LogP contribution in [0.3, 0.4) is 0 Å². The Morgan fingerprint density at radius 3 is 2.62 bits per heavy atom. The van der Waals surface area contributed by atoms with Crippen molar-refractivity contribution in [2.75, 3.05) is 23.9 Å². The number of ether oxygens (including phenoxy) is 1. The summed E-state index contributed by atoms with van der Waals surface area (Å²) in [5, 5.41) is 3.64. The molecule has 1 aromatic heterocycles. The first kappa shape index (κ1) is 18.7. The summed E-state index contributed by atoms with van der Waals surface area (Å²) in [6.07, 6.45) is 0.139. The Morgan fingerprint density at radius 1 is 1.14 bits per heavy atom. The molecule has 1 atom stereocenters. The number of benzene rings is 2. The molecule has 2 aromatic carbocycles. The van der Waals surface area contributed by atoms with Gasteiger partial charge in [0.1, 0.15) is 11.3 Å². The van der Waals surface area contributed by atoms with Gasteiger partial charge in [0.05, 0.1) is 13.0 Å². The maximum absolute atomic E-state index is 12.7. The molecule has 2 amide bonds. The van der Waals surface area contributed by atoms with Crippen LogP contribution in [0.15, 0.2) is 57.7 Å². The number of anilines is 2. The molecule has 0 bridgehead atoms. The number of hydrogen-bond donors (Lipinski definition) is 1. The van der Waals surface area contributed by atoms with Gasteiger partial charge in [-0.1, -0.05) is 0 Å². The lowest BCUT2D eigenvalue weighted by Gasteiger charge is -2.17. The van der Waals surface area contributed by atoms with Crippen LogP contribution in [-0.4, -0.2) is 25.5 Å². The van der Waals surface area contributed by atoms with E-state index < -0.39 is 11.5 Å². The van der Waals surface area contributed by atoms with Gasteiger partial charge < -0.3 is 19.4 Å². The van der Waals surface area contributed by atoms with Crippen molar-refractivity contribution in [2.45, 2.75) is 13.3 Å². The fourth-order valence-electron chi connectivity index (χ4n) is 3.54. The average molecular weight is 392 g/mol. The second-order valence-electron chi connectivity index (χ2n) is 7.05. The van der Waals surface area contributed by atoms with Gasteiger partial charge in [-0.2, -0.15) is 0 Å². The van der Waals surface area contributed by atoms with Gasteiger partial charge in [-0.15, -0.1) is 0 Å². The van der Waals surface area contributed by atoms with Gasteiger partial charge in [-0.3, -0.25) is 9.59 Å². The summed E-state index contributed by atoms with van der Waals surface area (Å²) >= 11 is 0. The molecule has 1 saturated heterocycles. The molecular weight excluding hydrogens is 372 g/mol. The fourth-order valence-corrected chi connectivity index (χ4v) is 3.54. The third-order valence-corrected chi connectivity index (χ3v) is 5.10. The van der Waals surface area contributed by atoms with Crippen LogP contribution >= 0.6 is 0 Å². The van der Waals surface area contributed by atoms with Crippen LogP contribution in [-0.2, 0) is 9.59 Å². The van der Waals surface area contributed by atoms with E-state index in [9.17, 15) is 14.4 Å². The number of rotatable bonds is 4. The van der Waals surface area contributed by atoms with Crippen molar-refractivity contribution >= 4 is 34.2 Å². The number of methoxy groups -OCH3 is 1. The van der Waals surface area contributed by atoms with Crippen LogP contribution in [0.1, 0.15) is 12.0 Å². The Bertz CT molecular complexity index is 1150. The fraction of sp³-hybridized carbons (Fsp3) is 0.227. The topological polar surface area (TPSA) is 88.8 Å². The molecule has 0 radical (unpaired) electrons. The number of fused-ring (bicyclic) bond motifs is 1. The van der Waals surface area contributed by atoms with Gasteiger partial charge in [0.15, 0.2) is 0 Å². The molecule has 7 heteroatoms. The minimum absolute atomic E-state index is 0.101. The zero-order valence-electron chi connectivity index (χ0n) is 16.1. The predicted molar refractivity (Wildman–Crippen MR) is 109 cm³/mol. The van der Waals surface area contributed by atoms with E-state index in [2.05, 4.69) is 5.32 Å². The third-order valence-electron chi connectivity index (χ3n) is 5.10. The van der Waals surface area contributed by atoms with E-state index in [0.717, 1.165) is 16.6 Å². The second-order valence-corrected chi connectivity index (χ2v) is 7.05. The summed E-state index contributed by atoms with van der Waals surface area (Å²) in [7, 11) is 1.58. The highest BCUT2D eigenvalue weighted by Crippen LogP contribution is 2.28. The van der Waals surface area contributed by atoms with E-state index in [1.54, 1.807) is 54.5 Å². The van der Waals surface area contributed by atoms with Crippen molar-refractivity contribution in [3.05, 3.63) is 64.5 Å². The number of nitrogens with one attached hydrogen (secondary N) is 1. The van der Waals surface area contributed by atoms with Gasteiger partial charge in [0, 0.05) is 41.9 Å². The normalized spacial score (nSPS) is 16.3. The Hall–Kier alpha value is -3.61. The summed E-state index contributed by atoms with van der Waals surface area (Å²) in [5.41, 5.74) is 2.04. The molecule has 29 heavy (non-hydrogen) atoms. The lowest BCUT2D eigenvalue weighted by molar-refractivity contribution is -0.122. The lowest BCUT2D eigenvalue weighted by Crippen LogP contribution is -2.28. The molecule has 1 unspecified atom stereocenters. The minimum atomic E-state index is -0.468. The molecule has 3 aromatic rings. The van der Waals surface area contributed by atoms with Crippen LogP contribution < -0.4 is 20.6 Å². The molecule has 1 N–H and O–H groups in total. The number of hydrogen-bond acceptors (Lipinski definition) is 5. The predicted octanol–water partition coefficient (Wildman–Crippen LogP) is 3.10. The van der Waals surface area contributed by atoms with Crippen molar-refractivity contribution in [3.63, 3.8) is 0 Å². The number of nitrogens with zero attached hydrogens (tertiary/aromatic N) is 1. The van der Waals surface area contributed by atoms with Crippen LogP contribution in [0.5, 0.6) is 5.75 Å². The molecule has 7 nitrogen and oxygen atoms in total. The highest BCUT2D eigenvalue weighted by molar-refractivity contribution is 6.04. The van der Waals surface area contributed by atoms with Crippen LogP contribution in [0, 0.1) is 12.8 Å². The van der Waals surface area contributed by atoms with E-state index in [1.165, 1.54) is 6.07 Å². The van der Waals surface area contributed by atoms with Crippen molar-refractivity contribution in [1.82, 2.24) is 0 Å². The highest BCUT2D eigenvalue weighted by Gasteiger charge is 2.35. The monoisotopic (exact) mass is 392 g/mol. The van der Waals surface area contributed by atoms with Crippen LogP contribution in [0.4, 0.5) is 11.4 Å². The molecule has 2 heterocycles. The standard InChI is InChI=1S/C22H20N2O5/c1-13-9-21(26)29-19-11-15(3-8-18(13)19)23-22(27)14-10-20(25)24(12-14)16-4-6-17(28-2)7-5-16/h3-9,11,14H,10,12H2,1-2H3,(H,23,27).